The first-order valence-corrected chi connectivity index (χ1v) is 18.5. The van der Waals surface area contributed by atoms with Crippen LogP contribution in [0.1, 0.15) is 22.5 Å². The molecule has 0 fully saturated rings. The summed E-state index contributed by atoms with van der Waals surface area (Å²) in [6.07, 6.45) is 0. The maximum absolute atomic E-state index is 7.11. The van der Waals surface area contributed by atoms with Gasteiger partial charge in [0.05, 0.1) is 0 Å². The van der Waals surface area contributed by atoms with Gasteiger partial charge in [-0.1, -0.05) is 127 Å². The molecule has 1 aromatic heterocycles. The van der Waals surface area contributed by atoms with Crippen LogP contribution in [0.5, 0.6) is 0 Å². The number of nitrogens with zero attached hydrogens (tertiary/aromatic N) is 2. The normalized spacial score (nSPS) is 14.7. The van der Waals surface area contributed by atoms with E-state index in [4.69, 9.17) is 4.42 Å². The number of fused-ring (bicyclic) bond motifs is 12. The Morgan fingerprint density at radius 1 is 0.333 bits per heavy atom. The van der Waals surface area contributed by atoms with E-state index in [0.29, 0.717) is 0 Å². The smallest absolute Gasteiger partial charge is 0.135 e. The number of anilines is 6. The van der Waals surface area contributed by atoms with E-state index in [2.05, 4.69) is 216 Å². The summed E-state index contributed by atoms with van der Waals surface area (Å²) in [5.41, 5.74) is 15.5. The lowest BCUT2D eigenvalue weighted by atomic mass is 9.73. The summed E-state index contributed by atoms with van der Waals surface area (Å²) in [6, 6.07) is 74.0. The Labute approximate surface area is 314 Å². The van der Waals surface area contributed by atoms with Gasteiger partial charge in [-0.3, -0.25) is 0 Å². The first-order chi connectivity index (χ1) is 26.8. The van der Waals surface area contributed by atoms with Gasteiger partial charge in [-0.15, -0.1) is 0 Å². The Balaban J connectivity index is 1.18. The molecule has 0 N–H and O–H groups in total. The molecule has 0 saturated heterocycles. The van der Waals surface area contributed by atoms with Gasteiger partial charge in [0, 0.05) is 45.1 Å². The van der Waals surface area contributed by atoms with Crippen molar-refractivity contribution in [3.05, 3.63) is 229 Å². The second-order valence-electron chi connectivity index (χ2n) is 14.1. The molecule has 3 nitrogen and oxygen atoms in total. The quantitative estimate of drug-likeness (QED) is 0.173. The van der Waals surface area contributed by atoms with Crippen molar-refractivity contribution in [2.24, 2.45) is 0 Å². The second-order valence-corrected chi connectivity index (χ2v) is 14.1. The van der Waals surface area contributed by atoms with Gasteiger partial charge in [0.2, 0.25) is 0 Å². The number of rotatable bonds is 6. The van der Waals surface area contributed by atoms with Gasteiger partial charge in [0.1, 0.15) is 16.8 Å². The predicted molar refractivity (Wildman–Crippen MR) is 222 cm³/mol. The summed E-state index contributed by atoms with van der Waals surface area (Å²) in [5, 5.41) is 1.13. The van der Waals surface area contributed by atoms with Gasteiger partial charge in [-0.2, -0.15) is 0 Å². The highest BCUT2D eigenvalue weighted by molar-refractivity contribution is 6.05. The van der Waals surface area contributed by atoms with E-state index in [0.717, 1.165) is 50.9 Å². The van der Waals surface area contributed by atoms with Crippen molar-refractivity contribution < 1.29 is 4.42 Å². The molecular formula is C51H34N2O. The van der Waals surface area contributed by atoms with Gasteiger partial charge >= 0.3 is 0 Å². The highest BCUT2D eigenvalue weighted by Gasteiger charge is 2.55. The zero-order chi connectivity index (χ0) is 35.6. The molecule has 0 saturated carbocycles. The minimum atomic E-state index is -0.624. The lowest BCUT2D eigenvalue weighted by molar-refractivity contribution is 0.507. The number of hydrogen-bond donors (Lipinski definition) is 0. The fourth-order valence-electron chi connectivity index (χ4n) is 9.05. The highest BCUT2D eigenvalue weighted by atomic mass is 16.3. The minimum Gasteiger partial charge on any atom is -0.459 e. The van der Waals surface area contributed by atoms with Gasteiger partial charge in [-0.05, 0) is 112 Å². The van der Waals surface area contributed by atoms with Gasteiger partial charge < -0.3 is 14.2 Å². The molecule has 8 aromatic carbocycles. The van der Waals surface area contributed by atoms with Gasteiger partial charge in [-0.25, -0.2) is 0 Å². The monoisotopic (exact) mass is 690 g/mol. The molecule has 3 heteroatoms. The van der Waals surface area contributed by atoms with Crippen LogP contribution in [-0.4, -0.2) is 0 Å². The van der Waals surface area contributed by atoms with E-state index in [9.17, 15) is 0 Å². The third-order valence-corrected chi connectivity index (χ3v) is 11.2. The average Bonchev–Trinajstić information content (AvgIpc) is 3.86. The molecule has 1 spiro atoms. The second kappa shape index (κ2) is 12.0. The van der Waals surface area contributed by atoms with E-state index < -0.39 is 5.41 Å². The van der Waals surface area contributed by atoms with Gasteiger partial charge in [0.25, 0.3) is 0 Å². The summed E-state index contributed by atoms with van der Waals surface area (Å²) in [6.45, 7) is 0. The van der Waals surface area contributed by atoms with E-state index in [1.165, 1.54) is 38.9 Å². The molecule has 254 valence electrons. The van der Waals surface area contributed by atoms with E-state index in [1.807, 2.05) is 0 Å². The first-order valence-electron chi connectivity index (χ1n) is 18.5. The maximum Gasteiger partial charge on any atom is 0.135 e. The molecule has 0 aliphatic heterocycles. The Bertz CT molecular complexity index is 2750. The molecule has 2 aliphatic carbocycles. The standard InChI is InChI=1S/C51H34N2O/c1-5-17-35(18-6-1)52(36-19-7-2-8-20-36)39-29-31-46-43(33-39)41-25-13-15-27-45(41)51(46)47-32-30-40(34-44(47)49-42-26-14-16-28-48(42)54-50(49)51)53(37-21-9-3-10-22-37)38-23-11-4-12-24-38/h1-34H. The van der Waals surface area contributed by atoms with Crippen LogP contribution >= 0.6 is 0 Å². The molecule has 0 amide bonds. The molecule has 54 heavy (non-hydrogen) atoms. The zero-order valence-corrected chi connectivity index (χ0v) is 29.4. The average molecular weight is 691 g/mol. The van der Waals surface area contributed by atoms with Gasteiger partial charge in [0.15, 0.2) is 0 Å². The summed E-state index contributed by atoms with van der Waals surface area (Å²) in [4.78, 5) is 4.69. The van der Waals surface area contributed by atoms with Crippen LogP contribution in [0.3, 0.4) is 0 Å². The lowest BCUT2D eigenvalue weighted by Crippen LogP contribution is -2.25. The van der Waals surface area contributed by atoms with Crippen molar-refractivity contribution in [1.82, 2.24) is 0 Å². The fraction of sp³-hybridized carbons (Fsp3) is 0.0196. The molecule has 1 atom stereocenters. The van der Waals surface area contributed by atoms with Crippen molar-refractivity contribution >= 4 is 45.1 Å². The molecular weight excluding hydrogens is 657 g/mol. The summed E-state index contributed by atoms with van der Waals surface area (Å²) < 4.78 is 7.11. The van der Waals surface area contributed by atoms with Crippen molar-refractivity contribution in [3.8, 4) is 22.3 Å². The van der Waals surface area contributed by atoms with E-state index in [-0.39, 0.29) is 0 Å². The molecule has 1 heterocycles. The molecule has 0 bridgehead atoms. The van der Waals surface area contributed by atoms with Crippen molar-refractivity contribution in [2.75, 3.05) is 9.80 Å². The number of benzene rings is 8. The van der Waals surface area contributed by atoms with Crippen LogP contribution in [0.25, 0.3) is 33.2 Å². The van der Waals surface area contributed by atoms with Crippen LogP contribution in [0, 0.1) is 0 Å². The van der Waals surface area contributed by atoms with Crippen molar-refractivity contribution in [1.29, 1.82) is 0 Å². The Hall–Kier alpha value is -7.10. The molecule has 11 rings (SSSR count). The largest absolute Gasteiger partial charge is 0.459 e. The topological polar surface area (TPSA) is 19.6 Å². The molecule has 0 radical (unpaired) electrons. The maximum atomic E-state index is 7.11. The van der Waals surface area contributed by atoms with Crippen LogP contribution < -0.4 is 9.80 Å². The lowest BCUT2D eigenvalue weighted by Gasteiger charge is -2.30. The zero-order valence-electron chi connectivity index (χ0n) is 29.4. The SMILES string of the molecule is c1ccc(N(c2ccccc2)c2ccc3c(c2)-c2ccccc2C32c3ccc(N(c4ccccc4)c4ccccc4)cc3-c3c2oc2ccccc32)cc1. The first kappa shape index (κ1) is 30.5. The van der Waals surface area contributed by atoms with Crippen LogP contribution in [0.4, 0.5) is 34.1 Å². The summed E-state index contributed by atoms with van der Waals surface area (Å²) in [5.74, 6) is 0.990. The van der Waals surface area contributed by atoms with Crippen molar-refractivity contribution in [2.45, 2.75) is 5.41 Å². The Morgan fingerprint density at radius 3 is 1.31 bits per heavy atom. The summed E-state index contributed by atoms with van der Waals surface area (Å²) >= 11 is 0. The fourth-order valence-corrected chi connectivity index (χ4v) is 9.05. The molecule has 9 aromatic rings. The minimum absolute atomic E-state index is 0.624. The highest BCUT2D eigenvalue weighted by Crippen LogP contribution is 2.65. The summed E-state index contributed by atoms with van der Waals surface area (Å²) in [7, 11) is 0. The predicted octanol–water partition coefficient (Wildman–Crippen LogP) is 13.7. The van der Waals surface area contributed by atoms with Crippen LogP contribution in [-0.2, 0) is 5.41 Å². The van der Waals surface area contributed by atoms with E-state index >= 15 is 0 Å². The van der Waals surface area contributed by atoms with Crippen LogP contribution in [0.15, 0.2) is 211 Å². The Morgan fingerprint density at radius 2 is 0.759 bits per heavy atom. The number of para-hydroxylation sites is 5. The number of furan rings is 1. The number of hydrogen-bond acceptors (Lipinski definition) is 3. The molecule has 2 aliphatic rings. The van der Waals surface area contributed by atoms with E-state index in [1.54, 1.807) is 0 Å². The van der Waals surface area contributed by atoms with Crippen LogP contribution in [0.2, 0.25) is 0 Å². The molecule has 1 unspecified atom stereocenters. The third kappa shape index (κ3) is 4.36. The van der Waals surface area contributed by atoms with Crippen molar-refractivity contribution in [3.63, 3.8) is 0 Å². The Kier molecular flexibility index (Phi) is 6.77. The third-order valence-electron chi connectivity index (χ3n) is 11.2.